The van der Waals surface area contributed by atoms with Crippen LogP contribution in [-0.4, -0.2) is 22.8 Å². The van der Waals surface area contributed by atoms with E-state index >= 15 is 0 Å². The first kappa shape index (κ1) is 18.7. The number of nitrogens with one attached hydrogen (secondary N) is 1. The van der Waals surface area contributed by atoms with E-state index in [2.05, 4.69) is 10.4 Å². The number of ether oxygens (including phenoxy) is 1. The average molecular weight is 384 g/mol. The second-order valence-electron chi connectivity index (χ2n) is 6.02. The summed E-state index contributed by atoms with van der Waals surface area (Å²) in [7, 11) is 1.51. The molecular formula is C20H18ClN3O3. The summed E-state index contributed by atoms with van der Waals surface area (Å²) in [6.45, 7) is 3.62. The molecule has 7 heteroatoms. The molecule has 0 unspecified atom stereocenters. The number of benzene rings is 2. The maximum atomic E-state index is 12.7. The SMILES string of the molecule is COc1ccc(C)cc1NC(=O)c1nn(-c2ccccc2Cl)c(C)cc1=O. The second kappa shape index (κ2) is 7.63. The van der Waals surface area contributed by atoms with Gasteiger partial charge in [-0.25, -0.2) is 4.68 Å². The third-order valence-electron chi connectivity index (χ3n) is 4.01. The molecule has 0 aliphatic carbocycles. The second-order valence-corrected chi connectivity index (χ2v) is 6.43. The zero-order valence-corrected chi connectivity index (χ0v) is 15.9. The van der Waals surface area contributed by atoms with Gasteiger partial charge in [-0.15, -0.1) is 0 Å². The summed E-state index contributed by atoms with van der Waals surface area (Å²) < 4.78 is 6.74. The summed E-state index contributed by atoms with van der Waals surface area (Å²) in [5.74, 6) is -0.128. The highest BCUT2D eigenvalue weighted by molar-refractivity contribution is 6.32. The summed E-state index contributed by atoms with van der Waals surface area (Å²) >= 11 is 6.23. The molecule has 0 saturated heterocycles. The number of hydrogen-bond acceptors (Lipinski definition) is 4. The lowest BCUT2D eigenvalue weighted by Gasteiger charge is -2.13. The van der Waals surface area contributed by atoms with Crippen molar-refractivity contribution in [3.63, 3.8) is 0 Å². The van der Waals surface area contributed by atoms with E-state index < -0.39 is 11.3 Å². The Hall–Kier alpha value is -3.12. The molecule has 0 saturated carbocycles. The van der Waals surface area contributed by atoms with Crippen molar-refractivity contribution in [2.45, 2.75) is 13.8 Å². The number of aryl methyl sites for hydroxylation is 2. The highest BCUT2D eigenvalue weighted by Crippen LogP contribution is 2.25. The van der Waals surface area contributed by atoms with E-state index in [0.29, 0.717) is 27.8 Å². The Morgan fingerprint density at radius 3 is 2.59 bits per heavy atom. The van der Waals surface area contributed by atoms with Gasteiger partial charge >= 0.3 is 0 Å². The molecule has 138 valence electrons. The molecule has 0 spiro atoms. The van der Waals surface area contributed by atoms with Crippen molar-refractivity contribution in [2.24, 2.45) is 0 Å². The number of hydrogen-bond donors (Lipinski definition) is 1. The van der Waals surface area contributed by atoms with Crippen LogP contribution >= 0.6 is 11.6 Å². The van der Waals surface area contributed by atoms with Crippen molar-refractivity contribution >= 4 is 23.2 Å². The van der Waals surface area contributed by atoms with E-state index in [-0.39, 0.29) is 5.69 Å². The van der Waals surface area contributed by atoms with Crippen LogP contribution in [0.2, 0.25) is 5.02 Å². The lowest BCUT2D eigenvalue weighted by Crippen LogP contribution is -2.27. The first-order valence-corrected chi connectivity index (χ1v) is 8.60. The molecular weight excluding hydrogens is 366 g/mol. The molecule has 2 aromatic carbocycles. The van der Waals surface area contributed by atoms with E-state index in [1.807, 2.05) is 13.0 Å². The van der Waals surface area contributed by atoms with Gasteiger partial charge in [0.05, 0.1) is 23.5 Å². The molecule has 3 aromatic rings. The van der Waals surface area contributed by atoms with Crippen LogP contribution in [0.3, 0.4) is 0 Å². The number of anilines is 1. The fraction of sp³-hybridized carbons (Fsp3) is 0.150. The quantitative estimate of drug-likeness (QED) is 0.744. The zero-order chi connectivity index (χ0) is 19.6. The minimum atomic E-state index is -0.621. The van der Waals surface area contributed by atoms with Crippen LogP contribution in [0.25, 0.3) is 5.69 Å². The van der Waals surface area contributed by atoms with Crippen LogP contribution in [-0.2, 0) is 0 Å². The smallest absolute Gasteiger partial charge is 0.280 e. The Labute approximate surface area is 161 Å². The number of carbonyl (C=O) groups is 1. The molecule has 3 rings (SSSR count). The van der Waals surface area contributed by atoms with Gasteiger partial charge in [0, 0.05) is 11.8 Å². The van der Waals surface area contributed by atoms with Crippen LogP contribution in [0.5, 0.6) is 5.75 Å². The number of methoxy groups -OCH3 is 1. The highest BCUT2D eigenvalue weighted by Gasteiger charge is 2.18. The highest BCUT2D eigenvalue weighted by atomic mass is 35.5. The van der Waals surface area contributed by atoms with Gasteiger partial charge in [0.25, 0.3) is 5.91 Å². The van der Waals surface area contributed by atoms with Gasteiger partial charge in [-0.1, -0.05) is 29.8 Å². The van der Waals surface area contributed by atoms with Crippen molar-refractivity contribution in [1.29, 1.82) is 0 Å². The van der Waals surface area contributed by atoms with Gasteiger partial charge in [0.15, 0.2) is 5.69 Å². The molecule has 0 atom stereocenters. The number of rotatable bonds is 4. The number of para-hydroxylation sites is 1. The number of nitrogens with zero attached hydrogens (tertiary/aromatic N) is 2. The predicted molar refractivity (Wildman–Crippen MR) is 105 cm³/mol. The molecule has 0 fully saturated rings. The monoisotopic (exact) mass is 383 g/mol. The van der Waals surface area contributed by atoms with Crippen LogP contribution in [0.4, 0.5) is 5.69 Å². The Bertz CT molecular complexity index is 1080. The molecule has 27 heavy (non-hydrogen) atoms. The average Bonchev–Trinajstić information content (AvgIpc) is 2.63. The predicted octanol–water partition coefficient (Wildman–Crippen LogP) is 3.76. The molecule has 0 bridgehead atoms. The summed E-state index contributed by atoms with van der Waals surface area (Å²) in [5, 5.41) is 7.40. The molecule has 1 heterocycles. The molecule has 0 aliphatic rings. The minimum Gasteiger partial charge on any atom is -0.495 e. The number of halogens is 1. The Morgan fingerprint density at radius 1 is 1.15 bits per heavy atom. The number of carbonyl (C=O) groups excluding carboxylic acids is 1. The first-order valence-electron chi connectivity index (χ1n) is 8.22. The van der Waals surface area contributed by atoms with E-state index in [1.54, 1.807) is 43.3 Å². The van der Waals surface area contributed by atoms with Crippen molar-refractivity contribution in [2.75, 3.05) is 12.4 Å². The van der Waals surface area contributed by atoms with Crippen molar-refractivity contribution < 1.29 is 9.53 Å². The normalized spacial score (nSPS) is 10.5. The first-order chi connectivity index (χ1) is 12.9. The van der Waals surface area contributed by atoms with Crippen LogP contribution in [0, 0.1) is 13.8 Å². The van der Waals surface area contributed by atoms with E-state index in [4.69, 9.17) is 16.3 Å². The third kappa shape index (κ3) is 3.85. The van der Waals surface area contributed by atoms with Crippen LogP contribution < -0.4 is 15.5 Å². The van der Waals surface area contributed by atoms with E-state index in [0.717, 1.165) is 5.56 Å². The van der Waals surface area contributed by atoms with Gasteiger partial charge in [-0.3, -0.25) is 9.59 Å². The van der Waals surface area contributed by atoms with E-state index in [1.165, 1.54) is 17.9 Å². The minimum absolute atomic E-state index is 0.232. The molecule has 0 radical (unpaired) electrons. The topological polar surface area (TPSA) is 73.2 Å². The summed E-state index contributed by atoms with van der Waals surface area (Å²) in [4.78, 5) is 25.1. The zero-order valence-electron chi connectivity index (χ0n) is 15.1. The third-order valence-corrected chi connectivity index (χ3v) is 4.33. The van der Waals surface area contributed by atoms with Gasteiger partial charge in [0.2, 0.25) is 5.43 Å². The van der Waals surface area contributed by atoms with Crippen molar-refractivity contribution in [3.8, 4) is 11.4 Å². The van der Waals surface area contributed by atoms with Crippen LogP contribution in [0.15, 0.2) is 53.3 Å². The summed E-state index contributed by atoms with van der Waals surface area (Å²) in [5.41, 5.74) is 1.85. The molecule has 0 aliphatic heterocycles. The maximum absolute atomic E-state index is 12.7. The van der Waals surface area contributed by atoms with Crippen molar-refractivity contribution in [3.05, 3.63) is 80.7 Å². The standard InChI is InChI=1S/C20H18ClN3O3/c1-12-8-9-18(27-3)15(10-12)22-20(26)19-17(25)11-13(2)24(23-19)16-7-5-4-6-14(16)21/h4-11H,1-3H3,(H,22,26). The van der Waals surface area contributed by atoms with E-state index in [9.17, 15) is 9.59 Å². The van der Waals surface area contributed by atoms with Crippen LogP contribution in [0.1, 0.15) is 21.7 Å². The van der Waals surface area contributed by atoms with Gasteiger partial charge in [-0.2, -0.15) is 5.10 Å². The molecule has 1 N–H and O–H groups in total. The van der Waals surface area contributed by atoms with Gasteiger partial charge in [0.1, 0.15) is 5.75 Å². The lowest BCUT2D eigenvalue weighted by atomic mass is 10.2. The van der Waals surface area contributed by atoms with Gasteiger partial charge in [-0.05, 0) is 43.7 Å². The number of amides is 1. The van der Waals surface area contributed by atoms with Crippen molar-refractivity contribution in [1.82, 2.24) is 9.78 Å². The van der Waals surface area contributed by atoms with Gasteiger partial charge < -0.3 is 10.1 Å². The Kier molecular flexibility index (Phi) is 5.28. The fourth-order valence-electron chi connectivity index (χ4n) is 2.67. The number of aromatic nitrogens is 2. The molecule has 1 amide bonds. The summed E-state index contributed by atoms with van der Waals surface area (Å²) in [6, 6.07) is 13.8. The Balaban J connectivity index is 2.04. The largest absolute Gasteiger partial charge is 0.495 e. The lowest BCUT2D eigenvalue weighted by molar-refractivity contribution is 0.101. The summed E-state index contributed by atoms with van der Waals surface area (Å²) in [6.07, 6.45) is 0. The molecule has 1 aromatic heterocycles. The Morgan fingerprint density at radius 2 is 1.89 bits per heavy atom. The molecule has 6 nitrogen and oxygen atoms in total. The fourth-order valence-corrected chi connectivity index (χ4v) is 2.89. The maximum Gasteiger partial charge on any atom is 0.280 e.